The number of rotatable bonds is 4. The van der Waals surface area contributed by atoms with E-state index in [0.29, 0.717) is 0 Å². The van der Waals surface area contributed by atoms with Crippen molar-refractivity contribution in [3.05, 3.63) is 23.0 Å². The van der Waals surface area contributed by atoms with E-state index in [1.165, 1.54) is 28.4 Å². The molecule has 0 unspecified atom stereocenters. The van der Waals surface area contributed by atoms with Crippen LogP contribution in [-0.4, -0.2) is 45.1 Å². The van der Waals surface area contributed by atoms with Crippen molar-refractivity contribution in [1.29, 1.82) is 0 Å². The number of aliphatic hydroxyl groups is 1. The Kier molecular flexibility index (Phi) is 3.75. The predicted octanol–water partition coefficient (Wildman–Crippen LogP) is 1.54. The molecule has 0 aliphatic heterocycles. The van der Waals surface area contributed by atoms with E-state index in [-0.39, 0.29) is 34.1 Å². The summed E-state index contributed by atoms with van der Waals surface area (Å²) in [4.78, 5) is 24.3. The first-order chi connectivity index (χ1) is 10.0. The van der Waals surface area contributed by atoms with Gasteiger partial charge < -0.3 is 24.1 Å². The van der Waals surface area contributed by atoms with Gasteiger partial charge in [-0.15, -0.1) is 0 Å². The molecule has 1 N–H and O–H groups in total. The molecule has 7 heteroatoms. The topological polar surface area (TPSA) is 91.3 Å². The second kappa shape index (κ2) is 5.35. The summed E-state index contributed by atoms with van der Waals surface area (Å²) in [5.74, 6) is -1.72. The maximum atomic E-state index is 12.2. The summed E-state index contributed by atoms with van der Waals surface area (Å²) in [5, 5.41) is 9.59. The first-order valence-corrected chi connectivity index (χ1v) is 5.91. The molecular formula is C14H14O7. The van der Waals surface area contributed by atoms with Crippen molar-refractivity contribution in [2.45, 2.75) is 0 Å². The van der Waals surface area contributed by atoms with Gasteiger partial charge in [-0.05, 0) is 0 Å². The van der Waals surface area contributed by atoms with E-state index in [9.17, 15) is 14.7 Å². The molecule has 0 fully saturated rings. The van der Waals surface area contributed by atoms with Gasteiger partial charge in [0.1, 0.15) is 0 Å². The molecule has 0 saturated heterocycles. The van der Waals surface area contributed by atoms with Gasteiger partial charge in [0.05, 0.1) is 39.6 Å². The molecule has 7 nitrogen and oxygen atoms in total. The third-order valence-corrected chi connectivity index (χ3v) is 3.11. The van der Waals surface area contributed by atoms with E-state index >= 15 is 0 Å². The quantitative estimate of drug-likeness (QED) is 0.900. The van der Waals surface area contributed by atoms with Gasteiger partial charge in [-0.3, -0.25) is 9.59 Å². The number of fused-ring (bicyclic) bond motifs is 1. The van der Waals surface area contributed by atoms with Crippen molar-refractivity contribution in [2.75, 3.05) is 28.4 Å². The Labute approximate surface area is 120 Å². The standard InChI is InChI=1S/C14H14O7/c1-18-11-8-6(15)5-7(16)10(17)9(8)12(19-2)14(21-4)13(11)20-3/h5,16H,1-4H3. The molecule has 0 spiro atoms. The molecule has 2 rings (SSSR count). The monoisotopic (exact) mass is 294 g/mol. The second-order valence-electron chi connectivity index (χ2n) is 4.11. The highest BCUT2D eigenvalue weighted by atomic mass is 16.5. The van der Waals surface area contributed by atoms with Crippen molar-refractivity contribution in [1.82, 2.24) is 0 Å². The van der Waals surface area contributed by atoms with Gasteiger partial charge >= 0.3 is 0 Å². The van der Waals surface area contributed by atoms with Gasteiger partial charge in [0.15, 0.2) is 23.0 Å². The number of hydrogen-bond acceptors (Lipinski definition) is 7. The van der Waals surface area contributed by atoms with Crippen LogP contribution in [0.5, 0.6) is 23.0 Å². The highest BCUT2D eigenvalue weighted by Crippen LogP contribution is 2.51. The summed E-state index contributed by atoms with van der Waals surface area (Å²) in [6.07, 6.45) is 0.832. The molecule has 0 bridgehead atoms. The molecule has 0 amide bonds. The molecule has 1 aliphatic rings. The predicted molar refractivity (Wildman–Crippen MR) is 72.0 cm³/mol. The lowest BCUT2D eigenvalue weighted by Crippen LogP contribution is -2.20. The van der Waals surface area contributed by atoms with Crippen LogP contribution in [0.25, 0.3) is 0 Å². The number of ketones is 2. The van der Waals surface area contributed by atoms with Gasteiger partial charge in [0.2, 0.25) is 17.3 Å². The molecule has 1 aromatic rings. The summed E-state index contributed by atoms with van der Waals surface area (Å²) in [5.41, 5.74) is -0.146. The average molecular weight is 294 g/mol. The molecule has 0 aromatic heterocycles. The van der Waals surface area contributed by atoms with Crippen molar-refractivity contribution < 1.29 is 33.6 Å². The Balaban J connectivity index is 2.97. The van der Waals surface area contributed by atoms with E-state index < -0.39 is 17.3 Å². The number of carbonyl (C=O) groups is 2. The lowest BCUT2D eigenvalue weighted by molar-refractivity contribution is 0.0933. The summed E-state index contributed by atoms with van der Waals surface area (Å²) in [6, 6.07) is 0. The third kappa shape index (κ3) is 1.97. The molecule has 0 radical (unpaired) electrons. The lowest BCUT2D eigenvalue weighted by Gasteiger charge is -2.22. The molecule has 0 heterocycles. The van der Waals surface area contributed by atoms with Gasteiger partial charge in [-0.25, -0.2) is 0 Å². The smallest absolute Gasteiger partial charge is 0.232 e. The Bertz CT molecular complexity index is 658. The van der Waals surface area contributed by atoms with Crippen LogP contribution in [0, 0.1) is 0 Å². The normalized spacial score (nSPS) is 13.4. The highest BCUT2D eigenvalue weighted by Gasteiger charge is 2.37. The zero-order chi connectivity index (χ0) is 15.7. The number of benzene rings is 1. The number of ether oxygens (including phenoxy) is 4. The average Bonchev–Trinajstić information content (AvgIpc) is 2.49. The fourth-order valence-corrected chi connectivity index (χ4v) is 2.26. The van der Waals surface area contributed by atoms with Crippen LogP contribution in [0.3, 0.4) is 0 Å². The maximum Gasteiger partial charge on any atom is 0.232 e. The number of hydrogen-bond donors (Lipinski definition) is 1. The Morgan fingerprint density at radius 3 is 1.62 bits per heavy atom. The summed E-state index contributed by atoms with van der Waals surface area (Å²) in [7, 11) is 5.38. The van der Waals surface area contributed by atoms with Crippen molar-refractivity contribution >= 4 is 11.6 Å². The van der Waals surface area contributed by atoms with Crippen LogP contribution in [-0.2, 0) is 0 Å². The van der Waals surface area contributed by atoms with E-state index in [4.69, 9.17) is 18.9 Å². The van der Waals surface area contributed by atoms with Gasteiger partial charge in [-0.1, -0.05) is 0 Å². The number of allylic oxidation sites excluding steroid dienone is 2. The van der Waals surface area contributed by atoms with E-state index in [0.717, 1.165) is 6.08 Å². The molecular weight excluding hydrogens is 280 g/mol. The summed E-state index contributed by atoms with van der Waals surface area (Å²) >= 11 is 0. The zero-order valence-corrected chi connectivity index (χ0v) is 12.0. The summed E-state index contributed by atoms with van der Waals surface area (Å²) < 4.78 is 20.7. The first kappa shape index (κ1) is 14.7. The van der Waals surface area contributed by atoms with Crippen LogP contribution in [0.2, 0.25) is 0 Å². The van der Waals surface area contributed by atoms with Crippen molar-refractivity contribution in [2.24, 2.45) is 0 Å². The van der Waals surface area contributed by atoms with Gasteiger partial charge in [0, 0.05) is 6.08 Å². The minimum atomic E-state index is -0.749. The van der Waals surface area contributed by atoms with Crippen LogP contribution in [0.15, 0.2) is 11.8 Å². The van der Waals surface area contributed by atoms with Crippen LogP contribution >= 0.6 is 0 Å². The number of Topliss-reactive ketones (excluding diaryl/α,β-unsaturated/α-hetero) is 1. The van der Waals surface area contributed by atoms with E-state index in [1.54, 1.807) is 0 Å². The molecule has 1 aromatic carbocycles. The highest BCUT2D eigenvalue weighted by molar-refractivity contribution is 6.26. The molecule has 0 atom stereocenters. The van der Waals surface area contributed by atoms with Crippen LogP contribution in [0.1, 0.15) is 20.7 Å². The number of carbonyl (C=O) groups excluding carboxylic acids is 2. The first-order valence-electron chi connectivity index (χ1n) is 5.91. The van der Waals surface area contributed by atoms with E-state index in [1.807, 2.05) is 0 Å². The molecule has 0 saturated carbocycles. The van der Waals surface area contributed by atoms with Gasteiger partial charge in [-0.2, -0.15) is 0 Å². The zero-order valence-electron chi connectivity index (χ0n) is 12.0. The largest absolute Gasteiger partial charge is 0.504 e. The van der Waals surface area contributed by atoms with Crippen molar-refractivity contribution in [3.8, 4) is 23.0 Å². The number of aliphatic hydroxyl groups excluding tert-OH is 1. The molecule has 1 aliphatic carbocycles. The van der Waals surface area contributed by atoms with Crippen molar-refractivity contribution in [3.63, 3.8) is 0 Å². The summed E-state index contributed by atoms with van der Waals surface area (Å²) in [6.45, 7) is 0. The second-order valence-corrected chi connectivity index (χ2v) is 4.11. The molecule has 112 valence electrons. The SMILES string of the molecule is COc1c(OC)c(OC)c2c(c1OC)C(=O)C=C(O)C2=O. The Morgan fingerprint density at radius 2 is 1.19 bits per heavy atom. The van der Waals surface area contributed by atoms with E-state index in [2.05, 4.69) is 0 Å². The minimum Gasteiger partial charge on any atom is -0.504 e. The Hall–Kier alpha value is -2.70. The van der Waals surface area contributed by atoms with Gasteiger partial charge in [0.25, 0.3) is 0 Å². The maximum absolute atomic E-state index is 12.2. The number of methoxy groups -OCH3 is 4. The fraction of sp³-hybridized carbons (Fsp3) is 0.286. The van der Waals surface area contributed by atoms with Crippen LogP contribution in [0.4, 0.5) is 0 Å². The third-order valence-electron chi connectivity index (χ3n) is 3.11. The lowest BCUT2D eigenvalue weighted by atomic mass is 9.90. The Morgan fingerprint density at radius 1 is 0.762 bits per heavy atom. The van der Waals surface area contributed by atoms with Crippen LogP contribution < -0.4 is 18.9 Å². The fourth-order valence-electron chi connectivity index (χ4n) is 2.26. The molecule has 21 heavy (non-hydrogen) atoms. The minimum absolute atomic E-state index is 0.00292.